The maximum absolute atomic E-state index is 12.2. The van der Waals surface area contributed by atoms with Crippen molar-refractivity contribution in [3.8, 4) is 0 Å². The predicted octanol–water partition coefficient (Wildman–Crippen LogP) is 1.84. The van der Waals surface area contributed by atoms with Crippen molar-refractivity contribution in [2.24, 2.45) is 5.92 Å². The largest absolute Gasteiger partial charge is 0.391 e. The van der Waals surface area contributed by atoms with Gasteiger partial charge in [-0.3, -0.25) is 9.89 Å². The van der Waals surface area contributed by atoms with E-state index in [9.17, 15) is 9.90 Å². The third kappa shape index (κ3) is 2.54. The van der Waals surface area contributed by atoms with E-state index < -0.39 is 6.10 Å². The molecule has 1 atom stereocenters. The zero-order valence-corrected chi connectivity index (χ0v) is 11.3. The van der Waals surface area contributed by atoms with Crippen LogP contribution < -0.4 is 5.32 Å². The fourth-order valence-corrected chi connectivity index (χ4v) is 2.96. The molecule has 1 aliphatic carbocycles. The number of hydrogen-bond donors (Lipinski definition) is 3. The van der Waals surface area contributed by atoms with Gasteiger partial charge in [-0.25, -0.2) is 0 Å². The van der Waals surface area contributed by atoms with Gasteiger partial charge in [0.2, 0.25) is 0 Å². The molecule has 0 saturated heterocycles. The maximum atomic E-state index is 12.2. The predicted molar refractivity (Wildman–Crippen MR) is 76.4 cm³/mol. The van der Waals surface area contributed by atoms with E-state index in [-0.39, 0.29) is 5.91 Å². The number of amides is 1. The highest BCUT2D eigenvalue weighted by Crippen LogP contribution is 2.27. The van der Waals surface area contributed by atoms with Crippen molar-refractivity contribution in [1.82, 2.24) is 15.5 Å². The van der Waals surface area contributed by atoms with Crippen LogP contribution in [0.5, 0.6) is 0 Å². The number of para-hydroxylation sites is 1. The van der Waals surface area contributed by atoms with Crippen molar-refractivity contribution in [1.29, 1.82) is 0 Å². The topological polar surface area (TPSA) is 78.0 Å². The average Bonchev–Trinajstić information content (AvgIpc) is 3.13. The Bertz CT molecular complexity index is 602. The van der Waals surface area contributed by atoms with Crippen LogP contribution in [0.25, 0.3) is 10.9 Å². The summed E-state index contributed by atoms with van der Waals surface area (Å²) in [6.07, 6.45) is 5.74. The third-order valence-corrected chi connectivity index (χ3v) is 4.14. The number of rotatable bonds is 4. The summed E-state index contributed by atoms with van der Waals surface area (Å²) >= 11 is 0. The second-order valence-electron chi connectivity index (χ2n) is 5.46. The second kappa shape index (κ2) is 5.63. The Balaban J connectivity index is 1.65. The molecule has 0 aliphatic heterocycles. The molecule has 1 unspecified atom stereocenters. The molecule has 1 saturated carbocycles. The van der Waals surface area contributed by atoms with Crippen LogP contribution in [0, 0.1) is 5.92 Å². The standard InChI is InChI=1S/C15H19N3O2/c19-13(10-4-1-2-5-10)9-16-15(20)12-7-3-6-11-8-17-18-14(11)12/h3,6-8,10,13,19H,1-2,4-5,9H2,(H,16,20)(H,17,18). The Kier molecular flexibility index (Phi) is 3.69. The smallest absolute Gasteiger partial charge is 0.253 e. The number of aromatic nitrogens is 2. The number of aliphatic hydroxyl groups excluding tert-OH is 1. The number of fused-ring (bicyclic) bond motifs is 1. The molecule has 3 N–H and O–H groups in total. The van der Waals surface area contributed by atoms with E-state index in [2.05, 4.69) is 15.5 Å². The fourth-order valence-electron chi connectivity index (χ4n) is 2.96. The van der Waals surface area contributed by atoms with Crippen molar-refractivity contribution in [3.05, 3.63) is 30.0 Å². The molecule has 1 aromatic heterocycles. The summed E-state index contributed by atoms with van der Waals surface area (Å²) in [6.45, 7) is 0.314. The van der Waals surface area contributed by atoms with Gasteiger partial charge in [-0.15, -0.1) is 0 Å². The summed E-state index contributed by atoms with van der Waals surface area (Å²) in [4.78, 5) is 12.2. The quantitative estimate of drug-likeness (QED) is 0.795. The first-order valence-electron chi connectivity index (χ1n) is 7.14. The first kappa shape index (κ1) is 13.1. The van der Waals surface area contributed by atoms with Crippen LogP contribution in [0.1, 0.15) is 36.0 Å². The van der Waals surface area contributed by atoms with Gasteiger partial charge >= 0.3 is 0 Å². The van der Waals surface area contributed by atoms with E-state index in [1.165, 1.54) is 12.8 Å². The van der Waals surface area contributed by atoms with Gasteiger partial charge in [0.1, 0.15) is 0 Å². The van der Waals surface area contributed by atoms with Crippen LogP contribution in [0.2, 0.25) is 0 Å². The lowest BCUT2D eigenvalue weighted by atomic mass is 10.0. The van der Waals surface area contributed by atoms with E-state index in [4.69, 9.17) is 0 Å². The van der Waals surface area contributed by atoms with Crippen LogP contribution in [-0.4, -0.2) is 33.9 Å². The van der Waals surface area contributed by atoms with Crippen LogP contribution in [0.3, 0.4) is 0 Å². The van der Waals surface area contributed by atoms with Gasteiger partial charge in [0.15, 0.2) is 0 Å². The average molecular weight is 273 g/mol. The van der Waals surface area contributed by atoms with Gasteiger partial charge in [-0.1, -0.05) is 25.0 Å². The Labute approximate surface area is 117 Å². The summed E-state index contributed by atoms with van der Waals surface area (Å²) in [6, 6.07) is 5.50. The molecule has 0 radical (unpaired) electrons. The molecular formula is C15H19N3O2. The summed E-state index contributed by atoms with van der Waals surface area (Å²) in [5.41, 5.74) is 1.30. The van der Waals surface area contributed by atoms with Crippen molar-refractivity contribution in [3.63, 3.8) is 0 Å². The van der Waals surface area contributed by atoms with Crippen LogP contribution in [0.4, 0.5) is 0 Å². The summed E-state index contributed by atoms with van der Waals surface area (Å²) in [5.74, 6) is 0.162. The minimum atomic E-state index is -0.442. The zero-order chi connectivity index (χ0) is 13.9. The number of carbonyl (C=O) groups excluding carboxylic acids is 1. The molecule has 1 aliphatic rings. The van der Waals surface area contributed by atoms with E-state index in [0.29, 0.717) is 18.0 Å². The molecule has 5 heteroatoms. The Morgan fingerprint density at radius 1 is 1.45 bits per heavy atom. The van der Waals surface area contributed by atoms with Gasteiger partial charge in [0, 0.05) is 11.9 Å². The van der Waals surface area contributed by atoms with Gasteiger partial charge in [-0.05, 0) is 24.8 Å². The molecule has 2 aromatic rings. The molecular weight excluding hydrogens is 254 g/mol. The molecule has 1 heterocycles. The van der Waals surface area contributed by atoms with Gasteiger partial charge in [-0.2, -0.15) is 5.10 Å². The molecule has 1 amide bonds. The number of nitrogens with zero attached hydrogens (tertiary/aromatic N) is 1. The Morgan fingerprint density at radius 2 is 2.25 bits per heavy atom. The second-order valence-corrected chi connectivity index (χ2v) is 5.46. The number of hydrogen-bond acceptors (Lipinski definition) is 3. The lowest BCUT2D eigenvalue weighted by Gasteiger charge is -2.18. The summed E-state index contributed by atoms with van der Waals surface area (Å²) < 4.78 is 0. The van der Waals surface area contributed by atoms with Crippen LogP contribution in [-0.2, 0) is 0 Å². The number of carbonyl (C=O) groups is 1. The molecule has 1 fully saturated rings. The SMILES string of the molecule is O=C(NCC(O)C1CCCC1)c1cccc2cn[nH]c12. The first-order chi connectivity index (χ1) is 9.75. The van der Waals surface area contributed by atoms with Crippen LogP contribution in [0.15, 0.2) is 24.4 Å². The van der Waals surface area contributed by atoms with Crippen LogP contribution >= 0.6 is 0 Å². The number of benzene rings is 1. The Hall–Kier alpha value is -1.88. The minimum absolute atomic E-state index is 0.170. The maximum Gasteiger partial charge on any atom is 0.253 e. The number of nitrogens with one attached hydrogen (secondary N) is 2. The molecule has 20 heavy (non-hydrogen) atoms. The molecule has 3 rings (SSSR count). The fraction of sp³-hybridized carbons (Fsp3) is 0.467. The number of aliphatic hydroxyl groups is 1. The lowest BCUT2D eigenvalue weighted by Crippen LogP contribution is -2.35. The minimum Gasteiger partial charge on any atom is -0.391 e. The lowest BCUT2D eigenvalue weighted by molar-refractivity contribution is 0.0842. The van der Waals surface area contributed by atoms with Crippen molar-refractivity contribution in [2.75, 3.05) is 6.54 Å². The van der Waals surface area contributed by atoms with E-state index in [1.54, 1.807) is 12.3 Å². The van der Waals surface area contributed by atoms with E-state index >= 15 is 0 Å². The number of aromatic amines is 1. The van der Waals surface area contributed by atoms with Gasteiger partial charge in [0.05, 0.1) is 23.4 Å². The number of H-pyrrole nitrogens is 1. The first-order valence-corrected chi connectivity index (χ1v) is 7.14. The van der Waals surface area contributed by atoms with Gasteiger partial charge in [0.25, 0.3) is 5.91 Å². The third-order valence-electron chi connectivity index (χ3n) is 4.14. The molecule has 1 aromatic carbocycles. The molecule has 0 spiro atoms. The highest BCUT2D eigenvalue weighted by Gasteiger charge is 2.23. The highest BCUT2D eigenvalue weighted by molar-refractivity contribution is 6.05. The van der Waals surface area contributed by atoms with Crippen molar-refractivity contribution < 1.29 is 9.90 Å². The van der Waals surface area contributed by atoms with Gasteiger partial charge < -0.3 is 10.4 Å². The normalized spacial score (nSPS) is 17.4. The monoisotopic (exact) mass is 273 g/mol. The molecule has 5 nitrogen and oxygen atoms in total. The molecule has 106 valence electrons. The molecule has 0 bridgehead atoms. The van der Waals surface area contributed by atoms with E-state index in [1.807, 2.05) is 12.1 Å². The Morgan fingerprint density at radius 3 is 3.05 bits per heavy atom. The summed E-state index contributed by atoms with van der Waals surface area (Å²) in [7, 11) is 0. The zero-order valence-electron chi connectivity index (χ0n) is 11.3. The highest BCUT2D eigenvalue weighted by atomic mass is 16.3. The van der Waals surface area contributed by atoms with Crippen molar-refractivity contribution >= 4 is 16.8 Å². The van der Waals surface area contributed by atoms with Crippen molar-refractivity contribution in [2.45, 2.75) is 31.8 Å². The van der Waals surface area contributed by atoms with E-state index in [0.717, 1.165) is 23.7 Å². The summed E-state index contributed by atoms with van der Waals surface area (Å²) in [5, 5.41) is 20.6.